The van der Waals surface area contributed by atoms with Crippen LogP contribution >= 0.6 is 0 Å². The van der Waals surface area contributed by atoms with Gasteiger partial charge in [0, 0.05) is 38.6 Å². The van der Waals surface area contributed by atoms with Gasteiger partial charge < -0.3 is 128 Å². The summed E-state index contributed by atoms with van der Waals surface area (Å²) in [6.07, 6.45) is -4.05. The minimum atomic E-state index is -2.03. The summed E-state index contributed by atoms with van der Waals surface area (Å²) in [6.45, 7) is 5.47. The number of amides is 13. The van der Waals surface area contributed by atoms with E-state index in [1.807, 2.05) is 0 Å². The summed E-state index contributed by atoms with van der Waals surface area (Å²) >= 11 is 0. The molecule has 0 unspecified atom stereocenters. The minimum absolute atomic E-state index is 0.00482. The van der Waals surface area contributed by atoms with E-state index in [4.69, 9.17) is 28.3 Å². The van der Waals surface area contributed by atoms with Crippen molar-refractivity contribution >= 4 is 107 Å². The highest BCUT2D eigenvalue weighted by atomic mass is 16.4. The van der Waals surface area contributed by atoms with Crippen LogP contribution in [0.25, 0.3) is 0 Å². The lowest BCUT2D eigenvalue weighted by Crippen LogP contribution is -2.61. The van der Waals surface area contributed by atoms with Crippen molar-refractivity contribution in [1.82, 2.24) is 74.4 Å². The maximum absolute atomic E-state index is 15.0. The molecular formula is C83H119N19O23. The number of carbonyl (C=O) groups excluding carboxylic acids is 13. The molecule has 0 spiro atoms. The molecule has 13 amide bonds. The molecule has 29 N–H and O–H groups in total. The smallest absolute Gasteiger partial charge is 0.326 e. The van der Waals surface area contributed by atoms with Gasteiger partial charge in [-0.1, -0.05) is 113 Å². The summed E-state index contributed by atoms with van der Waals surface area (Å²) in [7, 11) is 0. The Morgan fingerprint density at radius 1 is 0.328 bits per heavy atom. The maximum atomic E-state index is 15.0. The Bertz CT molecular complexity index is 4280. The molecule has 0 aliphatic carbocycles. The third-order valence-electron chi connectivity index (χ3n) is 19.2. The average Bonchev–Trinajstić information content (AvgIpc) is 0.948. The van der Waals surface area contributed by atoms with E-state index < -0.39 is 224 Å². The first-order valence-corrected chi connectivity index (χ1v) is 40.9. The van der Waals surface area contributed by atoms with E-state index in [1.165, 1.54) is 48.5 Å². The molecule has 42 nitrogen and oxygen atoms in total. The fourth-order valence-electron chi connectivity index (χ4n) is 12.8. The molecule has 0 heterocycles. The predicted molar refractivity (Wildman–Crippen MR) is 452 cm³/mol. The van der Waals surface area contributed by atoms with Crippen LogP contribution in [0.3, 0.4) is 0 Å². The lowest BCUT2D eigenvalue weighted by molar-refractivity contribution is -0.143. The second kappa shape index (κ2) is 54.9. The Labute approximate surface area is 721 Å². The number of phenolic OH excluding ortho intramolecular Hbond substituents is 2. The standard InChI is InChI=1S/C83H119N19O23/c1-46(2)36-58(75(117)93-54(20-11-13-33-84)71(113)90-45-67(106)92-63(42-69(109)110)80(122)94-55(21-12-14-34-85)73(115)102-65(82(124)125)41-51-25-29-53(104)30-26-51)96-72(114)56(22-15-35-89-83(87)88)95-76(118)59(37-47(3)4)97-81(123)64(43-70(111)112)101-79(121)61(39-49-18-9-6-10-19-49)99-78(120)62(40-50-23-27-52(103)28-24-50)100-77(119)60(38-48-16-7-5-8-17-48)98-74(116)57(31-32-68(107)108)91-66(105)44-86/h5-10,16-19,23-30,46-47,54-65,103-104H,11-15,20-22,31-45,84-86H2,1-4H3,(H,90,113)(H,91,105)(H,92,106)(H,93,117)(H,94,122)(H,95,118)(H,96,114)(H,97,123)(H,98,116)(H,99,120)(H,100,119)(H,101,121)(H,102,115)(H,107,108)(H,109,110)(H,111,112)(H,124,125)(H4,87,88,89)/t54-,55-,56-,57-,58-,59-,60-,61-,62-,63-,64-,65-/m0/s1. The molecule has 0 aliphatic heterocycles. The molecular weight excluding hydrogens is 1630 g/mol. The van der Waals surface area contributed by atoms with Crippen molar-refractivity contribution in [2.24, 2.45) is 34.8 Å². The molecule has 125 heavy (non-hydrogen) atoms. The molecule has 4 rings (SSSR count). The molecule has 4 aromatic rings. The van der Waals surface area contributed by atoms with E-state index in [0.29, 0.717) is 35.1 Å². The maximum Gasteiger partial charge on any atom is 0.326 e. The van der Waals surface area contributed by atoms with Gasteiger partial charge in [0.15, 0.2) is 5.96 Å². The quantitative estimate of drug-likeness (QED) is 0.0117. The number of carboxylic acids is 4. The molecule has 0 saturated carbocycles. The van der Waals surface area contributed by atoms with Gasteiger partial charge in [0.1, 0.15) is 84.0 Å². The van der Waals surface area contributed by atoms with Crippen LogP contribution in [0.1, 0.15) is 140 Å². The Hall–Kier alpha value is -13.4. The Kier molecular flexibility index (Phi) is 45.7. The fraction of sp³-hybridized carbons (Fsp3) is 0.494. The van der Waals surface area contributed by atoms with Crippen molar-refractivity contribution in [2.75, 3.05) is 32.7 Å². The number of guanidine groups is 1. The molecule has 0 aliphatic rings. The molecule has 4 aromatic carbocycles. The number of hydrogen-bond donors (Lipinski definition) is 25. The van der Waals surface area contributed by atoms with Crippen LogP contribution in [-0.2, 0) is 107 Å². The fourth-order valence-corrected chi connectivity index (χ4v) is 12.8. The van der Waals surface area contributed by atoms with Gasteiger partial charge in [0.2, 0.25) is 76.8 Å². The number of unbranched alkanes of at least 4 members (excludes halogenated alkanes) is 2. The van der Waals surface area contributed by atoms with Crippen LogP contribution in [0.15, 0.2) is 109 Å². The lowest BCUT2D eigenvalue weighted by Gasteiger charge is -2.29. The largest absolute Gasteiger partial charge is 0.508 e. The topological polar surface area (TPSA) is 708 Å². The van der Waals surface area contributed by atoms with Crippen molar-refractivity contribution in [3.05, 3.63) is 131 Å². The van der Waals surface area contributed by atoms with Crippen molar-refractivity contribution in [2.45, 2.75) is 216 Å². The molecule has 0 fully saturated rings. The third kappa shape index (κ3) is 40.5. The molecule has 12 atom stereocenters. The van der Waals surface area contributed by atoms with Gasteiger partial charge in [-0.3, -0.25) is 82.1 Å². The highest BCUT2D eigenvalue weighted by Gasteiger charge is 2.39. The second-order valence-corrected chi connectivity index (χ2v) is 30.7. The van der Waals surface area contributed by atoms with Crippen LogP contribution in [0, 0.1) is 17.2 Å². The van der Waals surface area contributed by atoms with Crippen LogP contribution in [0.2, 0.25) is 0 Å². The number of phenols is 2. The number of aromatic hydroxyl groups is 2. The zero-order valence-electron chi connectivity index (χ0n) is 70.2. The van der Waals surface area contributed by atoms with Crippen molar-refractivity contribution in [3.8, 4) is 11.5 Å². The van der Waals surface area contributed by atoms with Crippen LogP contribution in [0.5, 0.6) is 11.5 Å². The van der Waals surface area contributed by atoms with Crippen molar-refractivity contribution < 1.29 is 112 Å². The highest BCUT2D eigenvalue weighted by Crippen LogP contribution is 2.18. The zero-order chi connectivity index (χ0) is 92.8. The number of carbonyl (C=O) groups is 17. The molecule has 0 aromatic heterocycles. The van der Waals surface area contributed by atoms with Gasteiger partial charge in [0.05, 0.1) is 25.9 Å². The molecule has 42 heteroatoms. The Morgan fingerprint density at radius 3 is 0.992 bits per heavy atom. The summed E-state index contributed by atoms with van der Waals surface area (Å²) in [5, 5.41) is 102. The zero-order valence-corrected chi connectivity index (χ0v) is 70.2. The van der Waals surface area contributed by atoms with Gasteiger partial charge in [-0.2, -0.15) is 0 Å². The highest BCUT2D eigenvalue weighted by molar-refractivity contribution is 6.01. The summed E-state index contributed by atoms with van der Waals surface area (Å²) < 4.78 is 0. The summed E-state index contributed by atoms with van der Waals surface area (Å²) in [5.74, 6) is -21.0. The van der Waals surface area contributed by atoms with Crippen molar-refractivity contribution in [3.63, 3.8) is 0 Å². The van der Waals surface area contributed by atoms with E-state index in [9.17, 15) is 112 Å². The average molecular weight is 1750 g/mol. The van der Waals surface area contributed by atoms with Crippen molar-refractivity contribution in [1.29, 1.82) is 5.41 Å². The van der Waals surface area contributed by atoms with Gasteiger partial charge in [-0.05, 0) is 142 Å². The second-order valence-electron chi connectivity index (χ2n) is 30.7. The summed E-state index contributed by atoms with van der Waals surface area (Å²) in [6, 6.07) is 7.67. The first-order valence-electron chi connectivity index (χ1n) is 40.9. The first kappa shape index (κ1) is 104. The molecule has 0 bridgehead atoms. The first-order chi connectivity index (χ1) is 59.3. The van der Waals surface area contributed by atoms with Crippen LogP contribution in [-0.4, -0.2) is 242 Å². The number of carboxylic acid groups (broad SMARTS) is 4. The Balaban J connectivity index is 1.63. The van der Waals surface area contributed by atoms with E-state index in [-0.39, 0.29) is 114 Å². The van der Waals surface area contributed by atoms with E-state index in [2.05, 4.69) is 74.4 Å². The van der Waals surface area contributed by atoms with Crippen LogP contribution < -0.4 is 97.4 Å². The number of benzene rings is 4. The van der Waals surface area contributed by atoms with E-state index >= 15 is 0 Å². The molecule has 0 radical (unpaired) electrons. The van der Waals surface area contributed by atoms with E-state index in [1.54, 1.807) is 88.4 Å². The molecule has 0 saturated heterocycles. The van der Waals surface area contributed by atoms with Crippen LogP contribution in [0.4, 0.5) is 0 Å². The number of nitrogens with one attached hydrogen (secondary N) is 15. The monoisotopic (exact) mass is 1750 g/mol. The SMILES string of the molecule is CC(C)C[C@H](NC(=O)[C@H](CCCNC(=N)N)NC(=O)[C@H](CC(C)C)NC(=O)[C@H](CC(=O)O)NC(=O)[C@H](Cc1ccccc1)NC(=O)[C@H](Cc1ccc(O)cc1)NC(=O)[C@H](Cc1ccccc1)NC(=O)[C@H](CCC(=O)O)NC(=O)CN)C(=O)N[C@@H](CCCCN)C(=O)NCC(=O)N[C@@H](CC(=O)O)C(=O)N[C@@H](CCCCN)C(=O)N[C@@H](Cc1ccc(O)cc1)C(=O)O. The lowest BCUT2D eigenvalue weighted by atomic mass is 9.99. The van der Waals surface area contributed by atoms with Gasteiger partial charge in [-0.15, -0.1) is 0 Å². The third-order valence-corrected chi connectivity index (χ3v) is 19.2. The Morgan fingerprint density at radius 2 is 0.632 bits per heavy atom. The van der Waals surface area contributed by atoms with Gasteiger partial charge in [-0.25, -0.2) is 4.79 Å². The predicted octanol–water partition coefficient (Wildman–Crippen LogP) is -3.23. The van der Waals surface area contributed by atoms with E-state index in [0.717, 1.165) is 0 Å². The number of rotatable bonds is 58. The number of nitrogens with two attached hydrogens (primary N) is 4. The minimum Gasteiger partial charge on any atom is -0.508 e. The molecule has 684 valence electrons. The van der Waals surface area contributed by atoms with Gasteiger partial charge >= 0.3 is 23.9 Å². The summed E-state index contributed by atoms with van der Waals surface area (Å²) in [5.41, 5.74) is 24.2. The van der Waals surface area contributed by atoms with Gasteiger partial charge in [0.25, 0.3) is 0 Å². The normalized spacial score (nSPS) is 13.9. The number of aliphatic carboxylic acids is 4. The summed E-state index contributed by atoms with van der Waals surface area (Å²) in [4.78, 5) is 234. The number of hydrogen-bond acceptors (Lipinski definition) is 23.